The number of hydrogen-bond donors (Lipinski definition) is 1. The van der Waals surface area contributed by atoms with E-state index >= 15 is 0 Å². The lowest BCUT2D eigenvalue weighted by molar-refractivity contribution is -0.121. The van der Waals surface area contributed by atoms with Crippen LogP contribution in [0.2, 0.25) is 0 Å². The van der Waals surface area contributed by atoms with E-state index in [9.17, 15) is 9.59 Å². The number of benzene rings is 2. The molecule has 1 aliphatic rings. The van der Waals surface area contributed by atoms with Crippen LogP contribution in [0, 0.1) is 0 Å². The first-order chi connectivity index (χ1) is 13.6. The van der Waals surface area contributed by atoms with E-state index < -0.39 is 0 Å². The highest BCUT2D eigenvalue weighted by atomic mass is 16.5. The molecular formula is C23H27NO4. The fourth-order valence-corrected chi connectivity index (χ4v) is 3.50. The van der Waals surface area contributed by atoms with Gasteiger partial charge < -0.3 is 14.8 Å². The zero-order valence-electron chi connectivity index (χ0n) is 16.5. The molecular weight excluding hydrogens is 354 g/mol. The van der Waals surface area contributed by atoms with Crippen LogP contribution in [0.5, 0.6) is 11.5 Å². The number of fused-ring (bicyclic) bond motifs is 1. The number of amides is 1. The molecule has 0 saturated carbocycles. The van der Waals surface area contributed by atoms with Gasteiger partial charge in [-0.2, -0.15) is 0 Å². The third-order valence-corrected chi connectivity index (χ3v) is 5.02. The summed E-state index contributed by atoms with van der Waals surface area (Å²) in [7, 11) is 1.59. The van der Waals surface area contributed by atoms with Crippen LogP contribution in [0.3, 0.4) is 0 Å². The van der Waals surface area contributed by atoms with Gasteiger partial charge in [0.25, 0.3) is 0 Å². The molecule has 28 heavy (non-hydrogen) atoms. The molecule has 5 heteroatoms. The summed E-state index contributed by atoms with van der Waals surface area (Å²) < 4.78 is 10.8. The van der Waals surface area contributed by atoms with Crippen molar-refractivity contribution in [1.82, 2.24) is 5.32 Å². The molecule has 0 aliphatic heterocycles. The molecule has 0 unspecified atom stereocenters. The molecule has 0 heterocycles. The Morgan fingerprint density at radius 2 is 1.82 bits per heavy atom. The fraction of sp³-hybridized carbons (Fsp3) is 0.391. The van der Waals surface area contributed by atoms with E-state index in [1.54, 1.807) is 7.11 Å². The topological polar surface area (TPSA) is 64.6 Å². The van der Waals surface area contributed by atoms with Crippen molar-refractivity contribution in [2.45, 2.75) is 45.6 Å². The van der Waals surface area contributed by atoms with Crippen LogP contribution in [-0.4, -0.2) is 25.4 Å². The van der Waals surface area contributed by atoms with Gasteiger partial charge in [0.1, 0.15) is 0 Å². The summed E-state index contributed by atoms with van der Waals surface area (Å²) in [5.74, 6) is 1.20. The second kappa shape index (κ2) is 9.40. The second-order valence-electron chi connectivity index (χ2n) is 6.96. The van der Waals surface area contributed by atoms with Crippen molar-refractivity contribution in [3.8, 4) is 11.5 Å². The van der Waals surface area contributed by atoms with Gasteiger partial charge in [-0.25, -0.2) is 0 Å². The Morgan fingerprint density at radius 3 is 2.61 bits per heavy atom. The van der Waals surface area contributed by atoms with Crippen molar-refractivity contribution >= 4 is 11.7 Å². The lowest BCUT2D eigenvalue weighted by Crippen LogP contribution is -2.23. The first-order valence-corrected chi connectivity index (χ1v) is 9.82. The maximum atomic E-state index is 12.4. The summed E-state index contributed by atoms with van der Waals surface area (Å²) in [4.78, 5) is 24.5. The van der Waals surface area contributed by atoms with E-state index in [1.165, 1.54) is 11.1 Å². The van der Waals surface area contributed by atoms with Gasteiger partial charge in [0.2, 0.25) is 5.91 Å². The number of methoxy groups -OCH3 is 1. The number of carbonyl (C=O) groups excluding carboxylic acids is 2. The molecule has 0 bridgehead atoms. The number of aryl methyl sites for hydroxylation is 2. The van der Waals surface area contributed by atoms with Crippen LogP contribution in [-0.2, 0) is 24.2 Å². The van der Waals surface area contributed by atoms with Crippen LogP contribution in [0.15, 0.2) is 36.4 Å². The van der Waals surface area contributed by atoms with Gasteiger partial charge >= 0.3 is 0 Å². The Bertz CT molecular complexity index is 860. The molecule has 0 fully saturated rings. The second-order valence-corrected chi connectivity index (χ2v) is 6.96. The molecule has 2 aromatic carbocycles. The van der Waals surface area contributed by atoms with Crippen molar-refractivity contribution in [2.75, 3.05) is 13.7 Å². The SMILES string of the molecule is CCOc1ccc(CNC(=O)CCC(=O)c2ccc3c(c2)CCC3)cc1OC. The molecule has 148 valence electrons. The largest absolute Gasteiger partial charge is 0.493 e. The summed E-state index contributed by atoms with van der Waals surface area (Å²) in [6, 6.07) is 11.5. The fourth-order valence-electron chi connectivity index (χ4n) is 3.50. The molecule has 0 saturated heterocycles. The standard InChI is InChI=1S/C23H27NO4/c1-3-28-21-11-7-16(13-22(21)27-2)15-24-23(26)12-10-20(25)19-9-8-17-5-4-6-18(17)14-19/h7-9,11,13-14H,3-6,10,12,15H2,1-2H3,(H,24,26). The lowest BCUT2D eigenvalue weighted by atomic mass is 10.0. The predicted octanol–water partition coefficient (Wildman–Crippen LogP) is 3.86. The quantitative estimate of drug-likeness (QED) is 0.670. The van der Waals surface area contributed by atoms with E-state index in [4.69, 9.17) is 9.47 Å². The summed E-state index contributed by atoms with van der Waals surface area (Å²) >= 11 is 0. The average molecular weight is 381 g/mol. The van der Waals surface area contributed by atoms with Crippen molar-refractivity contribution in [2.24, 2.45) is 0 Å². The smallest absolute Gasteiger partial charge is 0.220 e. The summed E-state index contributed by atoms with van der Waals surface area (Å²) in [5, 5.41) is 2.86. The van der Waals surface area contributed by atoms with E-state index in [-0.39, 0.29) is 24.5 Å². The Hall–Kier alpha value is -2.82. The van der Waals surface area contributed by atoms with E-state index in [2.05, 4.69) is 11.4 Å². The van der Waals surface area contributed by atoms with Crippen LogP contribution >= 0.6 is 0 Å². The van der Waals surface area contributed by atoms with E-state index in [1.807, 2.05) is 37.3 Å². The van der Waals surface area contributed by atoms with Gasteiger partial charge in [-0.1, -0.05) is 18.2 Å². The Balaban J connectivity index is 1.48. The highest BCUT2D eigenvalue weighted by Crippen LogP contribution is 2.28. The molecule has 0 aromatic heterocycles. The number of nitrogens with one attached hydrogen (secondary N) is 1. The van der Waals surface area contributed by atoms with Crippen LogP contribution in [0.1, 0.15) is 53.2 Å². The number of ether oxygens (including phenoxy) is 2. The molecule has 1 aliphatic carbocycles. The molecule has 1 N–H and O–H groups in total. The predicted molar refractivity (Wildman–Crippen MR) is 108 cm³/mol. The number of rotatable bonds is 9. The molecule has 0 atom stereocenters. The lowest BCUT2D eigenvalue weighted by Gasteiger charge is -2.11. The number of Topliss-reactive ketones (excluding diaryl/α,β-unsaturated/α-hetero) is 1. The maximum Gasteiger partial charge on any atom is 0.220 e. The zero-order valence-corrected chi connectivity index (χ0v) is 16.5. The molecule has 3 rings (SSSR count). The molecule has 0 spiro atoms. The third-order valence-electron chi connectivity index (χ3n) is 5.02. The summed E-state index contributed by atoms with van der Waals surface area (Å²) in [6.45, 7) is 2.86. The number of hydrogen-bond acceptors (Lipinski definition) is 4. The Morgan fingerprint density at radius 1 is 1.00 bits per heavy atom. The molecule has 0 radical (unpaired) electrons. The van der Waals surface area contributed by atoms with Crippen molar-refractivity contribution in [1.29, 1.82) is 0 Å². The maximum absolute atomic E-state index is 12.4. The summed E-state index contributed by atoms with van der Waals surface area (Å²) in [6.07, 6.45) is 3.71. The highest BCUT2D eigenvalue weighted by Gasteiger charge is 2.15. The van der Waals surface area contributed by atoms with Gasteiger partial charge in [0.15, 0.2) is 17.3 Å². The first kappa shape index (κ1) is 19.9. The minimum atomic E-state index is -0.137. The third kappa shape index (κ3) is 4.91. The van der Waals surface area contributed by atoms with E-state index in [0.717, 1.165) is 24.8 Å². The first-order valence-electron chi connectivity index (χ1n) is 9.82. The molecule has 2 aromatic rings. The van der Waals surface area contributed by atoms with Gasteiger partial charge in [-0.15, -0.1) is 0 Å². The molecule has 5 nitrogen and oxygen atoms in total. The van der Waals surface area contributed by atoms with Crippen molar-refractivity contribution < 1.29 is 19.1 Å². The summed E-state index contributed by atoms with van der Waals surface area (Å²) in [5.41, 5.74) is 4.25. The van der Waals surface area contributed by atoms with Gasteiger partial charge in [-0.05, 0) is 61.1 Å². The van der Waals surface area contributed by atoms with Crippen molar-refractivity contribution in [3.63, 3.8) is 0 Å². The number of ketones is 1. The number of carbonyl (C=O) groups is 2. The Kier molecular flexibility index (Phi) is 6.69. The monoisotopic (exact) mass is 381 g/mol. The zero-order chi connectivity index (χ0) is 19.9. The van der Waals surface area contributed by atoms with Crippen LogP contribution in [0.25, 0.3) is 0 Å². The van der Waals surface area contributed by atoms with E-state index in [0.29, 0.717) is 30.2 Å². The van der Waals surface area contributed by atoms with Crippen LogP contribution < -0.4 is 14.8 Å². The van der Waals surface area contributed by atoms with Gasteiger partial charge in [0.05, 0.1) is 13.7 Å². The normalized spacial score (nSPS) is 12.4. The highest BCUT2D eigenvalue weighted by molar-refractivity contribution is 5.98. The van der Waals surface area contributed by atoms with Crippen LogP contribution in [0.4, 0.5) is 0 Å². The van der Waals surface area contributed by atoms with Gasteiger partial charge in [0, 0.05) is 24.9 Å². The minimum absolute atomic E-state index is 0.0209. The average Bonchev–Trinajstić information content (AvgIpc) is 3.19. The molecule has 1 amide bonds. The van der Waals surface area contributed by atoms with Gasteiger partial charge in [-0.3, -0.25) is 9.59 Å². The minimum Gasteiger partial charge on any atom is -0.493 e. The van der Waals surface area contributed by atoms with Crippen molar-refractivity contribution in [3.05, 3.63) is 58.7 Å². The Labute approximate surface area is 166 Å².